The van der Waals surface area contributed by atoms with Gasteiger partial charge in [0.25, 0.3) is 0 Å². The van der Waals surface area contributed by atoms with E-state index in [2.05, 4.69) is 81.6 Å². The molecule has 1 heteroatoms. The summed E-state index contributed by atoms with van der Waals surface area (Å²) >= 11 is 0. The Kier molecular flexibility index (Phi) is 5.83. The lowest BCUT2D eigenvalue weighted by molar-refractivity contribution is 0.968. The van der Waals surface area contributed by atoms with Gasteiger partial charge in [-0.25, -0.2) is 0 Å². The molecule has 0 saturated heterocycles. The minimum atomic E-state index is 0.887. The highest BCUT2D eigenvalue weighted by molar-refractivity contribution is 5.56. The molecule has 0 atom stereocenters. The Balaban J connectivity index is 1.82. The first-order chi connectivity index (χ1) is 10.6. The predicted octanol–water partition coefficient (Wildman–Crippen LogP) is 5.52. The second kappa shape index (κ2) is 7.84. The van der Waals surface area contributed by atoms with Gasteiger partial charge in [0.1, 0.15) is 0 Å². The van der Waals surface area contributed by atoms with Crippen molar-refractivity contribution in [2.45, 2.75) is 40.5 Å². The molecule has 0 heterocycles. The molecule has 0 aliphatic rings. The van der Waals surface area contributed by atoms with Crippen LogP contribution in [0.2, 0.25) is 0 Å². The van der Waals surface area contributed by atoms with Crippen molar-refractivity contribution in [3.05, 3.63) is 76.4 Å². The molecule has 2 rings (SSSR count). The Hall–Kier alpha value is -2.02. The fraction of sp³-hybridized carbons (Fsp3) is 0.333. The van der Waals surface area contributed by atoms with Crippen LogP contribution >= 0.6 is 0 Å². The molecule has 1 N–H and O–H groups in total. The summed E-state index contributed by atoms with van der Waals surface area (Å²) in [5.41, 5.74) is 8.19. The Morgan fingerprint density at radius 1 is 0.773 bits per heavy atom. The number of aryl methyl sites for hydroxylation is 4. The van der Waals surface area contributed by atoms with E-state index in [9.17, 15) is 0 Å². The lowest BCUT2D eigenvalue weighted by atomic mass is 9.99. The molecule has 0 fully saturated rings. The van der Waals surface area contributed by atoms with Crippen molar-refractivity contribution >= 4 is 5.69 Å². The third-order valence-corrected chi connectivity index (χ3v) is 4.25. The highest BCUT2D eigenvalue weighted by Crippen LogP contribution is 2.19. The van der Waals surface area contributed by atoms with Crippen molar-refractivity contribution in [1.82, 2.24) is 0 Å². The zero-order valence-corrected chi connectivity index (χ0v) is 14.2. The zero-order valence-electron chi connectivity index (χ0n) is 14.2. The second-order valence-electron chi connectivity index (χ2n) is 6.03. The Bertz CT molecular complexity index is 555. The predicted molar refractivity (Wildman–Crippen MR) is 97.8 cm³/mol. The highest BCUT2D eigenvalue weighted by Gasteiger charge is 2.01. The smallest absolute Gasteiger partial charge is 0.0402 e. The molecular formula is C21H27N. The molecule has 0 radical (unpaired) electrons. The van der Waals surface area contributed by atoms with E-state index in [-0.39, 0.29) is 0 Å². The maximum Gasteiger partial charge on any atom is 0.0402 e. The Labute approximate surface area is 135 Å². The van der Waals surface area contributed by atoms with Crippen molar-refractivity contribution in [3.63, 3.8) is 0 Å². The van der Waals surface area contributed by atoms with Crippen molar-refractivity contribution in [2.24, 2.45) is 0 Å². The van der Waals surface area contributed by atoms with Gasteiger partial charge in [-0.2, -0.15) is 0 Å². The molecule has 2 aromatic rings. The molecule has 0 aliphatic heterocycles. The minimum Gasteiger partial charge on any atom is -0.381 e. The summed E-state index contributed by atoms with van der Waals surface area (Å²) in [6.07, 6.45) is 6.74. The van der Waals surface area contributed by atoms with Crippen molar-refractivity contribution in [1.29, 1.82) is 0 Å². The van der Waals surface area contributed by atoms with E-state index in [1.165, 1.54) is 33.5 Å². The van der Waals surface area contributed by atoms with Gasteiger partial charge in [0, 0.05) is 12.2 Å². The lowest BCUT2D eigenvalue weighted by Crippen LogP contribution is -2.02. The number of rotatable bonds is 6. The standard InChI is InChI=1S/C21H27N/c1-16-10-8-11-17(2)20(16)14-6-5-7-15-22-21-18(3)12-9-13-19(21)4/h5,7-13,22H,6,14-15H2,1-4H3. The third-order valence-electron chi connectivity index (χ3n) is 4.25. The van der Waals surface area contributed by atoms with Crippen LogP contribution in [0.15, 0.2) is 48.6 Å². The molecular weight excluding hydrogens is 266 g/mol. The fourth-order valence-electron chi connectivity index (χ4n) is 2.93. The number of para-hydroxylation sites is 1. The summed E-state index contributed by atoms with van der Waals surface area (Å²) in [5, 5.41) is 3.52. The molecule has 0 amide bonds. The van der Waals surface area contributed by atoms with Crippen LogP contribution in [-0.2, 0) is 6.42 Å². The monoisotopic (exact) mass is 293 g/mol. The van der Waals surface area contributed by atoms with Gasteiger partial charge in [-0.3, -0.25) is 0 Å². The summed E-state index contributed by atoms with van der Waals surface area (Å²) < 4.78 is 0. The summed E-state index contributed by atoms with van der Waals surface area (Å²) in [6, 6.07) is 13.0. The molecule has 0 aromatic heterocycles. The Morgan fingerprint density at radius 3 is 1.91 bits per heavy atom. The molecule has 1 nitrogen and oxygen atoms in total. The van der Waals surface area contributed by atoms with Gasteiger partial charge in [-0.15, -0.1) is 0 Å². The number of nitrogens with one attached hydrogen (secondary N) is 1. The third kappa shape index (κ3) is 4.24. The molecule has 0 bridgehead atoms. The number of benzene rings is 2. The lowest BCUT2D eigenvalue weighted by Gasteiger charge is -2.10. The normalized spacial score (nSPS) is 11.1. The van der Waals surface area contributed by atoms with Gasteiger partial charge in [-0.05, 0) is 68.4 Å². The largest absolute Gasteiger partial charge is 0.381 e. The number of anilines is 1. The van der Waals surface area contributed by atoms with Crippen LogP contribution in [-0.4, -0.2) is 6.54 Å². The van der Waals surface area contributed by atoms with E-state index in [1.54, 1.807) is 0 Å². The number of allylic oxidation sites excluding steroid dienone is 1. The van der Waals surface area contributed by atoms with Gasteiger partial charge < -0.3 is 5.32 Å². The highest BCUT2D eigenvalue weighted by atomic mass is 14.9. The van der Waals surface area contributed by atoms with Crippen LogP contribution in [0.1, 0.15) is 34.2 Å². The topological polar surface area (TPSA) is 12.0 Å². The number of hydrogen-bond donors (Lipinski definition) is 1. The summed E-state index contributed by atoms with van der Waals surface area (Å²) in [5.74, 6) is 0. The average Bonchev–Trinajstić information content (AvgIpc) is 2.47. The van der Waals surface area contributed by atoms with Crippen LogP contribution < -0.4 is 5.32 Å². The molecule has 22 heavy (non-hydrogen) atoms. The SMILES string of the molecule is Cc1cccc(C)c1CCC=CCNc1c(C)cccc1C. The van der Waals surface area contributed by atoms with Gasteiger partial charge in [0.2, 0.25) is 0 Å². The van der Waals surface area contributed by atoms with E-state index >= 15 is 0 Å². The van der Waals surface area contributed by atoms with Gasteiger partial charge in [-0.1, -0.05) is 48.6 Å². The first kappa shape index (κ1) is 16.4. The molecule has 0 spiro atoms. The maximum atomic E-state index is 3.52. The molecule has 2 aromatic carbocycles. The number of hydrogen-bond acceptors (Lipinski definition) is 1. The van der Waals surface area contributed by atoms with E-state index in [0.29, 0.717) is 0 Å². The Morgan fingerprint density at radius 2 is 1.32 bits per heavy atom. The van der Waals surface area contributed by atoms with Gasteiger partial charge in [0.05, 0.1) is 0 Å². The molecule has 0 saturated carbocycles. The fourth-order valence-corrected chi connectivity index (χ4v) is 2.93. The van der Waals surface area contributed by atoms with E-state index in [4.69, 9.17) is 0 Å². The summed E-state index contributed by atoms with van der Waals surface area (Å²) in [7, 11) is 0. The maximum absolute atomic E-state index is 3.52. The van der Waals surface area contributed by atoms with Crippen molar-refractivity contribution in [3.8, 4) is 0 Å². The molecule has 0 unspecified atom stereocenters. The van der Waals surface area contributed by atoms with E-state index in [1.807, 2.05) is 0 Å². The van der Waals surface area contributed by atoms with Crippen LogP contribution in [0.4, 0.5) is 5.69 Å². The zero-order chi connectivity index (χ0) is 15.9. The average molecular weight is 293 g/mol. The minimum absolute atomic E-state index is 0.887. The van der Waals surface area contributed by atoms with Gasteiger partial charge in [0.15, 0.2) is 0 Å². The van der Waals surface area contributed by atoms with Crippen LogP contribution in [0.5, 0.6) is 0 Å². The van der Waals surface area contributed by atoms with E-state index < -0.39 is 0 Å². The van der Waals surface area contributed by atoms with E-state index in [0.717, 1.165) is 19.4 Å². The van der Waals surface area contributed by atoms with Crippen LogP contribution in [0.3, 0.4) is 0 Å². The second-order valence-corrected chi connectivity index (χ2v) is 6.03. The van der Waals surface area contributed by atoms with Crippen molar-refractivity contribution < 1.29 is 0 Å². The first-order valence-corrected chi connectivity index (χ1v) is 8.09. The summed E-state index contributed by atoms with van der Waals surface area (Å²) in [6.45, 7) is 9.60. The van der Waals surface area contributed by atoms with Crippen molar-refractivity contribution in [2.75, 3.05) is 11.9 Å². The van der Waals surface area contributed by atoms with Crippen LogP contribution in [0.25, 0.3) is 0 Å². The molecule has 0 aliphatic carbocycles. The quantitative estimate of drug-likeness (QED) is 0.691. The first-order valence-electron chi connectivity index (χ1n) is 8.09. The van der Waals surface area contributed by atoms with Crippen LogP contribution in [0, 0.1) is 27.7 Å². The van der Waals surface area contributed by atoms with Gasteiger partial charge >= 0.3 is 0 Å². The summed E-state index contributed by atoms with van der Waals surface area (Å²) in [4.78, 5) is 0. The molecule has 116 valence electrons.